The predicted octanol–water partition coefficient (Wildman–Crippen LogP) is 3.69. The molecule has 0 spiro atoms. The number of fused-ring (bicyclic) bond motifs is 1. The number of esters is 1. The van der Waals surface area contributed by atoms with Crippen LogP contribution in [0.2, 0.25) is 0 Å². The Balaban J connectivity index is 1.36. The maximum atomic E-state index is 12.4. The summed E-state index contributed by atoms with van der Waals surface area (Å²) in [5, 5.41) is 4.16. The molecule has 1 N–H and O–H groups in total. The van der Waals surface area contributed by atoms with Gasteiger partial charge in [0.2, 0.25) is 0 Å². The topological polar surface area (TPSA) is 60.3 Å². The largest absolute Gasteiger partial charge is 0.454 e. The smallest absolute Gasteiger partial charge is 0.326 e. The molecule has 5 heteroatoms. The molecule has 0 aliphatic heterocycles. The van der Waals surface area contributed by atoms with E-state index in [1.807, 2.05) is 72.2 Å². The van der Waals surface area contributed by atoms with Crippen LogP contribution in [0.25, 0.3) is 10.9 Å². The van der Waals surface area contributed by atoms with Crippen molar-refractivity contribution in [1.29, 1.82) is 0 Å². The number of hydrogen-bond acceptors (Lipinski definition) is 3. The number of para-hydroxylation sites is 1. The summed E-state index contributed by atoms with van der Waals surface area (Å²) in [6, 6.07) is 19.9. The van der Waals surface area contributed by atoms with Crippen molar-refractivity contribution in [2.45, 2.75) is 38.3 Å². The lowest BCUT2D eigenvalue weighted by atomic mass is 9.72. The van der Waals surface area contributed by atoms with E-state index < -0.39 is 5.97 Å². The zero-order chi connectivity index (χ0) is 19.6. The summed E-state index contributed by atoms with van der Waals surface area (Å²) in [7, 11) is 0. The van der Waals surface area contributed by atoms with Crippen LogP contribution < -0.4 is 5.32 Å². The van der Waals surface area contributed by atoms with Crippen molar-refractivity contribution in [3.63, 3.8) is 0 Å². The Morgan fingerprint density at radius 2 is 1.79 bits per heavy atom. The molecule has 1 fully saturated rings. The maximum absolute atomic E-state index is 12.4. The van der Waals surface area contributed by atoms with Gasteiger partial charge in [-0.25, -0.2) is 0 Å². The fourth-order valence-corrected chi connectivity index (χ4v) is 3.96. The molecular formula is C23H24N2O3. The molecule has 0 unspecified atom stereocenters. The fraction of sp³-hybridized carbons (Fsp3) is 0.304. The minimum absolute atomic E-state index is 0.0937. The first-order valence-electron chi connectivity index (χ1n) is 9.64. The molecule has 1 amide bonds. The minimum atomic E-state index is -0.415. The Hall–Kier alpha value is -3.08. The van der Waals surface area contributed by atoms with Crippen LogP contribution in [0.15, 0.2) is 60.7 Å². The number of hydrogen-bond donors (Lipinski definition) is 1. The molecule has 1 aliphatic carbocycles. The number of aromatic nitrogens is 1. The average molecular weight is 376 g/mol. The number of carbonyl (C=O) groups excluding carboxylic acids is 2. The van der Waals surface area contributed by atoms with E-state index >= 15 is 0 Å². The monoisotopic (exact) mass is 376 g/mol. The lowest BCUT2D eigenvalue weighted by Gasteiger charge is -2.43. The Labute approximate surface area is 164 Å². The molecule has 1 saturated carbocycles. The number of benzene rings is 2. The van der Waals surface area contributed by atoms with E-state index in [-0.39, 0.29) is 24.6 Å². The van der Waals surface area contributed by atoms with Gasteiger partial charge in [-0.15, -0.1) is 0 Å². The van der Waals surface area contributed by atoms with Crippen molar-refractivity contribution in [1.82, 2.24) is 9.88 Å². The summed E-state index contributed by atoms with van der Waals surface area (Å²) in [6.45, 7) is 1.79. The van der Waals surface area contributed by atoms with Gasteiger partial charge in [0.1, 0.15) is 6.54 Å². The molecular weight excluding hydrogens is 352 g/mol. The van der Waals surface area contributed by atoms with Crippen LogP contribution in [0.1, 0.15) is 30.5 Å². The van der Waals surface area contributed by atoms with Crippen molar-refractivity contribution < 1.29 is 14.3 Å². The highest BCUT2D eigenvalue weighted by Crippen LogP contribution is 2.41. The first-order valence-corrected chi connectivity index (χ1v) is 9.64. The molecule has 1 heterocycles. The van der Waals surface area contributed by atoms with Gasteiger partial charge >= 0.3 is 5.97 Å². The number of rotatable bonds is 6. The maximum Gasteiger partial charge on any atom is 0.326 e. The van der Waals surface area contributed by atoms with E-state index in [0.717, 1.165) is 41.4 Å². The van der Waals surface area contributed by atoms with Crippen molar-refractivity contribution >= 4 is 22.8 Å². The van der Waals surface area contributed by atoms with Crippen LogP contribution in [-0.4, -0.2) is 23.1 Å². The second-order valence-electron chi connectivity index (χ2n) is 7.44. The fourth-order valence-electron chi connectivity index (χ4n) is 3.96. The molecule has 0 atom stereocenters. The quantitative estimate of drug-likeness (QED) is 0.668. The van der Waals surface area contributed by atoms with Crippen LogP contribution in [0.3, 0.4) is 0 Å². The average Bonchev–Trinajstić information content (AvgIpc) is 2.99. The molecule has 1 aliphatic rings. The first-order chi connectivity index (χ1) is 13.6. The standard InChI is InChI=1S/C23H24N2O3/c1-17-14-18-8-5-6-11-20(18)25(17)15-22(27)28-16-21(26)24-23(12-7-13-23)19-9-3-2-4-10-19/h2-6,8-11,14H,7,12-13,15-16H2,1H3,(H,24,26). The molecule has 4 rings (SSSR count). The Morgan fingerprint density at radius 1 is 1.07 bits per heavy atom. The highest BCUT2D eigenvalue weighted by molar-refractivity contribution is 5.84. The van der Waals surface area contributed by atoms with E-state index in [4.69, 9.17) is 4.74 Å². The summed E-state index contributed by atoms with van der Waals surface area (Å²) < 4.78 is 7.17. The molecule has 5 nitrogen and oxygen atoms in total. The summed E-state index contributed by atoms with van der Waals surface area (Å²) in [6.07, 6.45) is 2.89. The Bertz CT molecular complexity index is 1000. The normalized spacial score (nSPS) is 15.0. The number of aryl methyl sites for hydroxylation is 1. The summed E-state index contributed by atoms with van der Waals surface area (Å²) in [4.78, 5) is 24.7. The van der Waals surface area contributed by atoms with Gasteiger partial charge < -0.3 is 14.6 Å². The second-order valence-corrected chi connectivity index (χ2v) is 7.44. The second kappa shape index (κ2) is 7.50. The summed E-state index contributed by atoms with van der Waals surface area (Å²) >= 11 is 0. The SMILES string of the molecule is Cc1cc2ccccc2n1CC(=O)OCC(=O)NC1(c2ccccc2)CCC1. The predicted molar refractivity (Wildman–Crippen MR) is 108 cm³/mol. The lowest BCUT2D eigenvalue weighted by Crippen LogP contribution is -2.51. The van der Waals surface area contributed by atoms with Gasteiger partial charge in [0.05, 0.1) is 5.54 Å². The number of nitrogens with zero attached hydrogens (tertiary/aromatic N) is 1. The Morgan fingerprint density at radius 3 is 2.50 bits per heavy atom. The third-order valence-electron chi connectivity index (χ3n) is 5.58. The highest BCUT2D eigenvalue weighted by Gasteiger charge is 2.39. The van der Waals surface area contributed by atoms with Crippen molar-refractivity contribution in [2.75, 3.05) is 6.61 Å². The van der Waals surface area contributed by atoms with Crippen LogP contribution in [-0.2, 0) is 26.4 Å². The van der Waals surface area contributed by atoms with Crippen LogP contribution in [0, 0.1) is 6.92 Å². The molecule has 28 heavy (non-hydrogen) atoms. The van der Waals surface area contributed by atoms with Crippen LogP contribution in [0.5, 0.6) is 0 Å². The van der Waals surface area contributed by atoms with Gasteiger partial charge in [-0.3, -0.25) is 9.59 Å². The van der Waals surface area contributed by atoms with E-state index in [1.165, 1.54) is 0 Å². The van der Waals surface area contributed by atoms with Gasteiger partial charge in [-0.1, -0.05) is 48.5 Å². The zero-order valence-electron chi connectivity index (χ0n) is 16.0. The zero-order valence-corrected chi connectivity index (χ0v) is 16.0. The number of amides is 1. The molecule has 2 aromatic carbocycles. The number of carbonyl (C=O) groups is 2. The third-order valence-corrected chi connectivity index (χ3v) is 5.58. The molecule has 0 saturated heterocycles. The first kappa shape index (κ1) is 18.3. The molecule has 0 radical (unpaired) electrons. The molecule has 3 aromatic rings. The van der Waals surface area contributed by atoms with Gasteiger partial charge in [0.25, 0.3) is 5.91 Å². The molecule has 1 aromatic heterocycles. The number of ether oxygens (including phenoxy) is 1. The van der Waals surface area contributed by atoms with Gasteiger partial charge in [0, 0.05) is 11.2 Å². The lowest BCUT2D eigenvalue weighted by molar-refractivity contribution is -0.150. The van der Waals surface area contributed by atoms with Gasteiger partial charge in [0.15, 0.2) is 6.61 Å². The van der Waals surface area contributed by atoms with Crippen LogP contribution in [0.4, 0.5) is 0 Å². The Kier molecular flexibility index (Phi) is 4.90. The van der Waals surface area contributed by atoms with Crippen molar-refractivity contribution in [3.8, 4) is 0 Å². The molecule has 0 bridgehead atoms. The van der Waals surface area contributed by atoms with Gasteiger partial charge in [-0.2, -0.15) is 0 Å². The highest BCUT2D eigenvalue weighted by atomic mass is 16.5. The minimum Gasteiger partial charge on any atom is -0.454 e. The summed E-state index contributed by atoms with van der Waals surface area (Å²) in [5.74, 6) is -0.673. The van der Waals surface area contributed by atoms with E-state index in [9.17, 15) is 9.59 Å². The van der Waals surface area contributed by atoms with Crippen molar-refractivity contribution in [3.05, 3.63) is 71.9 Å². The van der Waals surface area contributed by atoms with Gasteiger partial charge in [-0.05, 0) is 49.3 Å². The third kappa shape index (κ3) is 3.52. The summed E-state index contributed by atoms with van der Waals surface area (Å²) in [5.41, 5.74) is 2.76. The van der Waals surface area contributed by atoms with E-state index in [0.29, 0.717) is 0 Å². The van der Waals surface area contributed by atoms with Crippen molar-refractivity contribution in [2.24, 2.45) is 0 Å². The number of nitrogens with one attached hydrogen (secondary N) is 1. The molecule has 144 valence electrons. The van der Waals surface area contributed by atoms with E-state index in [2.05, 4.69) is 5.32 Å². The van der Waals surface area contributed by atoms with E-state index in [1.54, 1.807) is 0 Å². The van der Waals surface area contributed by atoms with Crippen LogP contribution >= 0.6 is 0 Å².